The van der Waals surface area contributed by atoms with Gasteiger partial charge in [0.25, 0.3) is 0 Å². The first-order chi connectivity index (χ1) is 5.77. The molecule has 0 aromatic rings. The highest BCUT2D eigenvalue weighted by molar-refractivity contribution is 5.79. The number of hydrogen-bond acceptors (Lipinski definition) is 2. The highest BCUT2D eigenvalue weighted by Gasteiger charge is 2.32. The van der Waals surface area contributed by atoms with Gasteiger partial charge < -0.3 is 10.6 Å². The van der Waals surface area contributed by atoms with Gasteiger partial charge >= 0.3 is 0 Å². The van der Waals surface area contributed by atoms with Crippen LogP contribution in [0.4, 0.5) is 0 Å². The van der Waals surface area contributed by atoms with Crippen molar-refractivity contribution in [2.75, 3.05) is 13.1 Å². The lowest BCUT2D eigenvalue weighted by Gasteiger charge is -2.28. The van der Waals surface area contributed by atoms with E-state index in [1.54, 1.807) is 0 Å². The summed E-state index contributed by atoms with van der Waals surface area (Å²) in [5.74, 6) is 0.699. The van der Waals surface area contributed by atoms with E-state index in [1.807, 2.05) is 4.90 Å². The molecule has 0 aromatic carbocycles. The molecule has 0 bridgehead atoms. The van der Waals surface area contributed by atoms with E-state index in [0.29, 0.717) is 11.8 Å². The van der Waals surface area contributed by atoms with E-state index in [1.165, 1.54) is 6.42 Å². The van der Waals surface area contributed by atoms with Crippen LogP contribution in [0.1, 0.15) is 25.7 Å². The average Bonchev–Trinajstić information content (AvgIpc) is 2.31. The van der Waals surface area contributed by atoms with Crippen molar-refractivity contribution in [3.05, 3.63) is 0 Å². The van der Waals surface area contributed by atoms with Crippen LogP contribution in [0.15, 0.2) is 0 Å². The number of carbonyl (C=O) groups excluding carboxylic acids is 1. The summed E-state index contributed by atoms with van der Waals surface area (Å²) in [5, 5.41) is 0. The van der Waals surface area contributed by atoms with Crippen LogP contribution in [0.3, 0.4) is 0 Å². The van der Waals surface area contributed by atoms with Gasteiger partial charge in [-0.25, -0.2) is 0 Å². The lowest BCUT2D eigenvalue weighted by Crippen LogP contribution is -2.38. The molecule has 1 amide bonds. The van der Waals surface area contributed by atoms with E-state index in [2.05, 4.69) is 0 Å². The molecule has 1 aliphatic carbocycles. The fourth-order valence-electron chi connectivity index (χ4n) is 1.90. The topological polar surface area (TPSA) is 46.3 Å². The zero-order valence-electron chi connectivity index (χ0n) is 7.33. The number of hydrogen-bond donors (Lipinski definition) is 1. The van der Waals surface area contributed by atoms with Crippen molar-refractivity contribution in [1.29, 1.82) is 0 Å². The molecule has 1 aliphatic heterocycles. The van der Waals surface area contributed by atoms with Gasteiger partial charge in [0, 0.05) is 25.0 Å². The SMILES string of the molecule is N[C@@H]1CCN(C(=O)C2CCC2)C1. The third-order valence-electron chi connectivity index (χ3n) is 2.99. The smallest absolute Gasteiger partial charge is 0.225 e. The summed E-state index contributed by atoms with van der Waals surface area (Å²) in [6, 6.07) is 0.231. The molecule has 2 N–H and O–H groups in total. The van der Waals surface area contributed by atoms with Crippen LogP contribution in [0, 0.1) is 5.92 Å². The van der Waals surface area contributed by atoms with E-state index < -0.39 is 0 Å². The Morgan fingerprint density at radius 1 is 1.33 bits per heavy atom. The van der Waals surface area contributed by atoms with Gasteiger partial charge in [0.15, 0.2) is 0 Å². The molecule has 2 fully saturated rings. The normalized spacial score (nSPS) is 30.4. The van der Waals surface area contributed by atoms with E-state index in [9.17, 15) is 4.79 Å². The number of nitrogens with zero attached hydrogens (tertiary/aromatic N) is 1. The van der Waals surface area contributed by atoms with Gasteiger partial charge in [-0.15, -0.1) is 0 Å². The molecule has 0 unspecified atom stereocenters. The lowest BCUT2D eigenvalue weighted by molar-refractivity contribution is -0.137. The van der Waals surface area contributed by atoms with Crippen LogP contribution >= 0.6 is 0 Å². The predicted molar refractivity (Wildman–Crippen MR) is 46.5 cm³/mol. The van der Waals surface area contributed by atoms with Crippen LogP contribution in [0.2, 0.25) is 0 Å². The second kappa shape index (κ2) is 3.05. The number of rotatable bonds is 1. The summed E-state index contributed by atoms with van der Waals surface area (Å²) in [4.78, 5) is 13.6. The zero-order chi connectivity index (χ0) is 8.55. The summed E-state index contributed by atoms with van der Waals surface area (Å²) in [7, 11) is 0. The lowest BCUT2D eigenvalue weighted by atomic mass is 9.84. The monoisotopic (exact) mass is 168 g/mol. The first-order valence-corrected chi connectivity index (χ1v) is 4.82. The van der Waals surface area contributed by atoms with E-state index in [-0.39, 0.29) is 6.04 Å². The molecule has 1 atom stereocenters. The maximum Gasteiger partial charge on any atom is 0.225 e. The molecule has 68 valence electrons. The molecule has 1 heterocycles. The third kappa shape index (κ3) is 1.33. The van der Waals surface area contributed by atoms with Crippen molar-refractivity contribution in [3.8, 4) is 0 Å². The molecular formula is C9H16N2O. The van der Waals surface area contributed by atoms with Crippen LogP contribution in [-0.4, -0.2) is 29.9 Å². The minimum atomic E-state index is 0.231. The molecule has 3 heteroatoms. The number of amides is 1. The molecule has 2 rings (SSSR count). The van der Waals surface area contributed by atoms with Crippen molar-refractivity contribution < 1.29 is 4.79 Å². The Morgan fingerprint density at radius 2 is 2.08 bits per heavy atom. The van der Waals surface area contributed by atoms with Crippen LogP contribution < -0.4 is 5.73 Å². The molecule has 0 spiro atoms. The fraction of sp³-hybridized carbons (Fsp3) is 0.889. The van der Waals surface area contributed by atoms with Crippen molar-refractivity contribution in [2.24, 2.45) is 11.7 Å². The third-order valence-corrected chi connectivity index (χ3v) is 2.99. The van der Waals surface area contributed by atoms with Gasteiger partial charge in [-0.1, -0.05) is 6.42 Å². The number of likely N-dealkylation sites (tertiary alicyclic amines) is 1. The average molecular weight is 168 g/mol. The highest BCUT2D eigenvalue weighted by Crippen LogP contribution is 2.29. The van der Waals surface area contributed by atoms with Crippen molar-refractivity contribution >= 4 is 5.91 Å². The van der Waals surface area contributed by atoms with Crippen molar-refractivity contribution in [3.63, 3.8) is 0 Å². The van der Waals surface area contributed by atoms with E-state index >= 15 is 0 Å². The largest absolute Gasteiger partial charge is 0.341 e. The Balaban J connectivity index is 1.87. The summed E-state index contributed by atoms with van der Waals surface area (Å²) >= 11 is 0. The maximum atomic E-state index is 11.6. The fourth-order valence-corrected chi connectivity index (χ4v) is 1.90. The Bertz CT molecular complexity index is 189. The molecule has 3 nitrogen and oxygen atoms in total. The van der Waals surface area contributed by atoms with E-state index in [4.69, 9.17) is 5.73 Å². The summed E-state index contributed by atoms with van der Waals surface area (Å²) in [5.41, 5.74) is 5.73. The van der Waals surface area contributed by atoms with Gasteiger partial charge in [0.1, 0.15) is 0 Å². The van der Waals surface area contributed by atoms with Gasteiger partial charge in [-0.3, -0.25) is 4.79 Å². The molecule has 2 aliphatic rings. The van der Waals surface area contributed by atoms with Gasteiger partial charge in [0.2, 0.25) is 5.91 Å². The summed E-state index contributed by atoms with van der Waals surface area (Å²) in [6.07, 6.45) is 4.42. The van der Waals surface area contributed by atoms with Crippen LogP contribution in [0.25, 0.3) is 0 Å². The standard InChI is InChI=1S/C9H16N2O/c10-8-4-5-11(6-8)9(12)7-2-1-3-7/h7-8H,1-6,10H2/t8-/m1/s1. The quantitative estimate of drug-likeness (QED) is 0.614. The second-order valence-corrected chi connectivity index (χ2v) is 3.96. The Morgan fingerprint density at radius 3 is 2.50 bits per heavy atom. The van der Waals surface area contributed by atoms with Crippen molar-refractivity contribution in [2.45, 2.75) is 31.7 Å². The van der Waals surface area contributed by atoms with E-state index in [0.717, 1.165) is 32.4 Å². The Kier molecular flexibility index (Phi) is 2.05. The van der Waals surface area contributed by atoms with Gasteiger partial charge in [-0.05, 0) is 19.3 Å². The first-order valence-electron chi connectivity index (χ1n) is 4.82. The van der Waals surface area contributed by atoms with Gasteiger partial charge in [0.05, 0.1) is 0 Å². The second-order valence-electron chi connectivity index (χ2n) is 3.96. The maximum absolute atomic E-state index is 11.6. The number of carbonyl (C=O) groups is 1. The molecule has 12 heavy (non-hydrogen) atoms. The van der Waals surface area contributed by atoms with Gasteiger partial charge in [-0.2, -0.15) is 0 Å². The van der Waals surface area contributed by atoms with Crippen molar-refractivity contribution in [1.82, 2.24) is 4.90 Å². The minimum absolute atomic E-state index is 0.231. The Hall–Kier alpha value is -0.570. The molecular weight excluding hydrogens is 152 g/mol. The number of nitrogens with two attached hydrogens (primary N) is 1. The minimum Gasteiger partial charge on any atom is -0.341 e. The summed E-state index contributed by atoms with van der Waals surface area (Å²) < 4.78 is 0. The highest BCUT2D eigenvalue weighted by atomic mass is 16.2. The molecule has 0 aromatic heterocycles. The summed E-state index contributed by atoms with van der Waals surface area (Å²) in [6.45, 7) is 1.67. The predicted octanol–water partition coefficient (Wildman–Crippen LogP) is 0.346. The molecule has 1 saturated carbocycles. The zero-order valence-corrected chi connectivity index (χ0v) is 7.33. The molecule has 1 saturated heterocycles. The first kappa shape index (κ1) is 8.05. The van der Waals surface area contributed by atoms with Crippen LogP contribution in [-0.2, 0) is 4.79 Å². The molecule has 0 radical (unpaired) electrons. The van der Waals surface area contributed by atoms with Crippen LogP contribution in [0.5, 0.6) is 0 Å². The Labute approximate surface area is 72.9 Å².